The van der Waals surface area contributed by atoms with Crippen LogP contribution in [0.3, 0.4) is 0 Å². The Bertz CT molecular complexity index is 787. The second-order valence-electron chi connectivity index (χ2n) is 6.35. The number of nitrogens with one attached hydrogen (secondary N) is 1. The lowest BCUT2D eigenvalue weighted by atomic mass is 9.84. The van der Waals surface area contributed by atoms with Crippen molar-refractivity contribution in [3.05, 3.63) is 27.4 Å². The van der Waals surface area contributed by atoms with Gasteiger partial charge in [-0.25, -0.2) is 4.79 Å². The number of carbonyl (C=O) groups excluding carboxylic acids is 2. The van der Waals surface area contributed by atoms with E-state index in [0.29, 0.717) is 38.6 Å². The van der Waals surface area contributed by atoms with E-state index in [0.717, 1.165) is 0 Å². The number of carbonyl (C=O) groups is 2. The molecule has 1 aliphatic rings. The van der Waals surface area contributed by atoms with Crippen LogP contribution in [0.25, 0.3) is 0 Å². The van der Waals surface area contributed by atoms with Gasteiger partial charge in [-0.3, -0.25) is 4.79 Å². The summed E-state index contributed by atoms with van der Waals surface area (Å²) in [4.78, 5) is 24.9. The van der Waals surface area contributed by atoms with Crippen LogP contribution >= 0.6 is 15.9 Å². The van der Waals surface area contributed by atoms with Gasteiger partial charge in [-0.15, -0.1) is 0 Å². The van der Waals surface area contributed by atoms with Crippen molar-refractivity contribution in [3.63, 3.8) is 0 Å². The lowest BCUT2D eigenvalue weighted by molar-refractivity contribution is -0.143. The van der Waals surface area contributed by atoms with E-state index in [4.69, 9.17) is 18.9 Å². The molecule has 1 heterocycles. The summed E-state index contributed by atoms with van der Waals surface area (Å²) < 4.78 is 22.3. The van der Waals surface area contributed by atoms with Crippen molar-refractivity contribution in [1.82, 2.24) is 5.32 Å². The largest absolute Gasteiger partial charge is 0.493 e. The Labute approximate surface area is 167 Å². The van der Waals surface area contributed by atoms with Gasteiger partial charge in [0.1, 0.15) is 0 Å². The Morgan fingerprint density at radius 2 is 1.81 bits per heavy atom. The number of esters is 1. The number of methoxy groups -OCH3 is 3. The lowest BCUT2D eigenvalue weighted by Crippen LogP contribution is -2.34. The smallest absolute Gasteiger partial charge is 0.336 e. The highest BCUT2D eigenvalue weighted by atomic mass is 79.9. The highest BCUT2D eigenvalue weighted by molar-refractivity contribution is 9.10. The third-order valence-corrected chi connectivity index (χ3v) is 5.02. The van der Waals surface area contributed by atoms with E-state index in [1.54, 1.807) is 26.8 Å². The number of ether oxygens (including phenoxy) is 4. The van der Waals surface area contributed by atoms with Gasteiger partial charge < -0.3 is 24.3 Å². The molecule has 0 spiro atoms. The summed E-state index contributed by atoms with van der Waals surface area (Å²) in [6, 6.07) is 1.74. The first-order chi connectivity index (χ1) is 12.7. The fourth-order valence-electron chi connectivity index (χ4n) is 3.11. The molecule has 1 atom stereocenters. The van der Waals surface area contributed by atoms with Gasteiger partial charge in [-0.1, -0.05) is 0 Å². The number of benzene rings is 1. The number of allylic oxidation sites excluding steroid dienone is 1. The number of amides is 1. The highest BCUT2D eigenvalue weighted by Gasteiger charge is 2.36. The first-order valence-corrected chi connectivity index (χ1v) is 9.24. The Morgan fingerprint density at radius 3 is 2.33 bits per heavy atom. The summed E-state index contributed by atoms with van der Waals surface area (Å²) in [6.07, 6.45) is -0.184. The maximum atomic E-state index is 12.7. The summed E-state index contributed by atoms with van der Waals surface area (Å²) in [6.45, 7) is 5.24. The summed E-state index contributed by atoms with van der Waals surface area (Å²) in [5, 5.41) is 2.72. The molecule has 8 heteroatoms. The number of rotatable bonds is 6. The van der Waals surface area contributed by atoms with Crippen LogP contribution in [-0.2, 0) is 14.3 Å². The van der Waals surface area contributed by atoms with Gasteiger partial charge in [0.15, 0.2) is 11.5 Å². The van der Waals surface area contributed by atoms with Crippen molar-refractivity contribution in [2.75, 3.05) is 21.3 Å². The maximum absolute atomic E-state index is 12.7. The number of hydrogen-bond acceptors (Lipinski definition) is 6. The second-order valence-corrected chi connectivity index (χ2v) is 7.14. The molecule has 0 saturated heterocycles. The van der Waals surface area contributed by atoms with Gasteiger partial charge in [0.05, 0.1) is 37.5 Å². The molecule has 1 aromatic rings. The van der Waals surface area contributed by atoms with Gasteiger partial charge in [0.2, 0.25) is 11.7 Å². The van der Waals surface area contributed by atoms with E-state index in [1.807, 2.05) is 0 Å². The van der Waals surface area contributed by atoms with Crippen LogP contribution in [0.4, 0.5) is 0 Å². The van der Waals surface area contributed by atoms with Crippen molar-refractivity contribution in [1.29, 1.82) is 0 Å². The molecule has 0 aromatic heterocycles. The van der Waals surface area contributed by atoms with E-state index in [9.17, 15) is 9.59 Å². The van der Waals surface area contributed by atoms with Gasteiger partial charge in [0.25, 0.3) is 0 Å². The zero-order valence-electron chi connectivity index (χ0n) is 16.3. The number of halogens is 1. The molecule has 1 unspecified atom stereocenters. The molecule has 1 N–H and O–H groups in total. The normalized spacial score (nSPS) is 16.9. The maximum Gasteiger partial charge on any atom is 0.336 e. The minimum Gasteiger partial charge on any atom is -0.493 e. The molecule has 27 heavy (non-hydrogen) atoms. The van der Waals surface area contributed by atoms with Gasteiger partial charge in [-0.2, -0.15) is 0 Å². The first kappa shape index (κ1) is 21.1. The Kier molecular flexibility index (Phi) is 6.75. The Hall–Kier alpha value is -2.22. The molecule has 0 saturated carbocycles. The fraction of sp³-hybridized carbons (Fsp3) is 0.474. The summed E-state index contributed by atoms with van der Waals surface area (Å²) in [5.41, 5.74) is 1.55. The monoisotopic (exact) mass is 441 g/mol. The lowest BCUT2D eigenvalue weighted by Gasteiger charge is -2.29. The third-order valence-electron chi connectivity index (χ3n) is 4.20. The summed E-state index contributed by atoms with van der Waals surface area (Å²) in [5.74, 6) is 0.114. The molecule has 148 valence electrons. The Morgan fingerprint density at radius 1 is 1.19 bits per heavy atom. The molecule has 1 aliphatic heterocycles. The van der Waals surface area contributed by atoms with Crippen LogP contribution in [0, 0.1) is 0 Å². The third kappa shape index (κ3) is 4.21. The van der Waals surface area contributed by atoms with Gasteiger partial charge in [0, 0.05) is 18.0 Å². The molecular formula is C19H24BrNO6. The van der Waals surface area contributed by atoms with Crippen molar-refractivity contribution < 1.29 is 28.5 Å². The van der Waals surface area contributed by atoms with Crippen LogP contribution in [0.5, 0.6) is 17.2 Å². The fourth-order valence-corrected chi connectivity index (χ4v) is 3.84. The molecule has 1 amide bonds. The standard InChI is InChI=1S/C19H24BrNO6/c1-9(2)27-19(23)15-10(3)21-14(22)8-11(15)12-7-13(24-4)17(25-5)18(26-6)16(12)20/h7,9,11H,8H2,1-6H3,(H,21,22). The van der Waals surface area contributed by atoms with Crippen LogP contribution in [0.2, 0.25) is 0 Å². The predicted molar refractivity (Wildman–Crippen MR) is 103 cm³/mol. The van der Waals surface area contributed by atoms with Crippen LogP contribution < -0.4 is 19.5 Å². The second kappa shape index (κ2) is 8.65. The first-order valence-electron chi connectivity index (χ1n) is 8.45. The average Bonchev–Trinajstić information content (AvgIpc) is 2.59. The number of hydrogen-bond donors (Lipinski definition) is 1. The van der Waals surface area contributed by atoms with Gasteiger partial charge in [-0.05, 0) is 48.3 Å². The zero-order chi connectivity index (χ0) is 20.3. The summed E-state index contributed by atoms with van der Waals surface area (Å²) in [7, 11) is 4.53. The summed E-state index contributed by atoms with van der Waals surface area (Å²) >= 11 is 3.53. The SMILES string of the molecule is COc1cc(C2CC(=O)NC(C)=C2C(=O)OC(C)C)c(Br)c(OC)c1OC. The molecule has 0 bridgehead atoms. The van der Waals surface area contributed by atoms with Crippen molar-refractivity contribution >= 4 is 27.8 Å². The predicted octanol–water partition coefficient (Wildman–Crippen LogP) is 3.30. The van der Waals surface area contributed by atoms with Crippen molar-refractivity contribution in [3.8, 4) is 17.2 Å². The van der Waals surface area contributed by atoms with Crippen molar-refractivity contribution in [2.24, 2.45) is 0 Å². The van der Waals surface area contributed by atoms with Gasteiger partial charge >= 0.3 is 5.97 Å². The molecule has 1 aromatic carbocycles. The highest BCUT2D eigenvalue weighted by Crippen LogP contribution is 2.49. The minimum absolute atomic E-state index is 0.0944. The molecule has 0 fully saturated rings. The molecule has 0 radical (unpaired) electrons. The van der Waals surface area contributed by atoms with Crippen LogP contribution in [0.1, 0.15) is 38.7 Å². The van der Waals surface area contributed by atoms with E-state index < -0.39 is 11.9 Å². The van der Waals surface area contributed by atoms with Crippen molar-refractivity contribution in [2.45, 2.75) is 39.2 Å². The molecule has 2 rings (SSSR count). The van der Waals surface area contributed by atoms with Crippen LogP contribution in [-0.4, -0.2) is 39.3 Å². The average molecular weight is 442 g/mol. The molecular weight excluding hydrogens is 418 g/mol. The minimum atomic E-state index is -0.520. The topological polar surface area (TPSA) is 83.1 Å². The zero-order valence-corrected chi connectivity index (χ0v) is 17.9. The molecule has 7 nitrogen and oxygen atoms in total. The quantitative estimate of drug-likeness (QED) is 0.681. The Balaban J connectivity index is 2.67. The van der Waals surface area contributed by atoms with E-state index in [-0.39, 0.29) is 18.4 Å². The van der Waals surface area contributed by atoms with E-state index in [2.05, 4.69) is 21.2 Å². The van der Waals surface area contributed by atoms with E-state index in [1.165, 1.54) is 21.3 Å². The van der Waals surface area contributed by atoms with Crippen LogP contribution in [0.15, 0.2) is 21.8 Å². The molecule has 0 aliphatic carbocycles. The van der Waals surface area contributed by atoms with E-state index >= 15 is 0 Å².